The van der Waals surface area contributed by atoms with E-state index in [1.54, 1.807) is 4.90 Å². The van der Waals surface area contributed by atoms with Crippen LogP contribution >= 0.6 is 0 Å². The molecule has 1 aromatic rings. The summed E-state index contributed by atoms with van der Waals surface area (Å²) < 4.78 is 5.47. The molecule has 2 atom stereocenters. The zero-order valence-corrected chi connectivity index (χ0v) is 10.1. The van der Waals surface area contributed by atoms with Crippen LogP contribution in [0, 0.1) is 0 Å². The van der Waals surface area contributed by atoms with Gasteiger partial charge in [-0.1, -0.05) is 0 Å². The van der Waals surface area contributed by atoms with Gasteiger partial charge >= 0.3 is 0 Å². The van der Waals surface area contributed by atoms with Gasteiger partial charge in [-0.2, -0.15) is 0 Å². The lowest BCUT2D eigenvalue weighted by Gasteiger charge is -2.35. The van der Waals surface area contributed by atoms with E-state index in [1.807, 2.05) is 6.92 Å². The minimum Gasteiger partial charge on any atom is -0.394 e. The number of amides is 1. The third-order valence-electron chi connectivity index (χ3n) is 2.71. The second kappa shape index (κ2) is 5.28. The molecule has 2 heterocycles. The van der Waals surface area contributed by atoms with Crippen LogP contribution in [0.3, 0.4) is 0 Å². The first-order chi connectivity index (χ1) is 8.60. The van der Waals surface area contributed by atoms with E-state index in [0.717, 1.165) is 0 Å². The Labute approximate surface area is 105 Å². The molecule has 0 saturated carbocycles. The van der Waals surface area contributed by atoms with Crippen molar-refractivity contribution in [3.8, 4) is 0 Å². The van der Waals surface area contributed by atoms with E-state index in [0.29, 0.717) is 13.1 Å². The van der Waals surface area contributed by atoms with Gasteiger partial charge in [0.05, 0.1) is 31.2 Å². The highest BCUT2D eigenvalue weighted by molar-refractivity contribution is 5.92. The van der Waals surface area contributed by atoms with E-state index < -0.39 is 0 Å². The molecule has 2 rings (SSSR count). The van der Waals surface area contributed by atoms with E-state index in [4.69, 9.17) is 15.6 Å². The van der Waals surface area contributed by atoms with Gasteiger partial charge in [0.2, 0.25) is 0 Å². The van der Waals surface area contributed by atoms with Gasteiger partial charge in [-0.25, -0.2) is 9.97 Å². The van der Waals surface area contributed by atoms with Crippen molar-refractivity contribution in [1.82, 2.24) is 14.9 Å². The summed E-state index contributed by atoms with van der Waals surface area (Å²) in [5.41, 5.74) is 5.66. The third kappa shape index (κ3) is 2.74. The average Bonchev–Trinajstić information content (AvgIpc) is 2.38. The molecule has 1 aliphatic heterocycles. The highest BCUT2D eigenvalue weighted by atomic mass is 16.5. The van der Waals surface area contributed by atoms with Crippen molar-refractivity contribution < 1.29 is 14.6 Å². The molecule has 0 aromatic carbocycles. The minimum atomic E-state index is -0.348. The summed E-state index contributed by atoms with van der Waals surface area (Å²) in [6.45, 7) is 2.57. The maximum absolute atomic E-state index is 12.2. The summed E-state index contributed by atoms with van der Waals surface area (Å²) in [5.74, 6) is 0.0474. The summed E-state index contributed by atoms with van der Waals surface area (Å²) in [6, 6.07) is 0. The Morgan fingerprint density at radius 1 is 1.56 bits per heavy atom. The van der Waals surface area contributed by atoms with E-state index in [1.165, 1.54) is 12.4 Å². The largest absolute Gasteiger partial charge is 0.394 e. The van der Waals surface area contributed by atoms with Crippen molar-refractivity contribution in [3.05, 3.63) is 18.1 Å². The third-order valence-corrected chi connectivity index (χ3v) is 2.71. The number of anilines is 1. The lowest BCUT2D eigenvalue weighted by atomic mass is 10.2. The highest BCUT2D eigenvalue weighted by Crippen LogP contribution is 2.13. The van der Waals surface area contributed by atoms with Crippen molar-refractivity contribution in [2.24, 2.45) is 0 Å². The fourth-order valence-electron chi connectivity index (χ4n) is 1.92. The fraction of sp³-hybridized carbons (Fsp3) is 0.545. The number of nitrogens with zero attached hydrogens (tertiary/aromatic N) is 3. The quantitative estimate of drug-likeness (QED) is 0.720. The summed E-state index contributed by atoms with van der Waals surface area (Å²) >= 11 is 0. The van der Waals surface area contributed by atoms with E-state index >= 15 is 0 Å². The molecule has 0 aliphatic carbocycles. The van der Waals surface area contributed by atoms with Crippen molar-refractivity contribution >= 4 is 11.7 Å². The van der Waals surface area contributed by atoms with Gasteiger partial charge in [-0.3, -0.25) is 4.79 Å². The normalized spacial score (nSPS) is 24.0. The molecule has 1 aromatic heterocycles. The Hall–Kier alpha value is -1.73. The molecule has 98 valence electrons. The Balaban J connectivity index is 2.10. The molecule has 1 amide bonds. The summed E-state index contributed by atoms with van der Waals surface area (Å²) in [6.07, 6.45) is 2.24. The maximum Gasteiger partial charge on any atom is 0.274 e. The number of aliphatic hydroxyl groups excluding tert-OH is 1. The molecule has 7 nitrogen and oxygen atoms in total. The molecule has 0 spiro atoms. The number of hydrogen-bond donors (Lipinski definition) is 2. The maximum atomic E-state index is 12.2. The Morgan fingerprint density at radius 3 is 2.94 bits per heavy atom. The van der Waals surface area contributed by atoms with Crippen molar-refractivity contribution in [2.75, 3.05) is 25.4 Å². The molecular formula is C11H16N4O3. The first-order valence-electron chi connectivity index (χ1n) is 5.73. The van der Waals surface area contributed by atoms with Crippen LogP contribution in [0.2, 0.25) is 0 Å². The number of ether oxygens (including phenoxy) is 1. The smallest absolute Gasteiger partial charge is 0.274 e. The minimum absolute atomic E-state index is 0.110. The lowest BCUT2D eigenvalue weighted by molar-refractivity contribution is -0.0859. The number of carbonyl (C=O) groups is 1. The van der Waals surface area contributed by atoms with Crippen LogP contribution in [-0.4, -0.2) is 57.8 Å². The van der Waals surface area contributed by atoms with Crippen molar-refractivity contribution in [2.45, 2.75) is 19.1 Å². The number of carbonyl (C=O) groups excluding carboxylic acids is 1. The summed E-state index contributed by atoms with van der Waals surface area (Å²) in [4.78, 5) is 21.6. The standard InChI is InChI=1S/C11H16N4O3/c1-7-4-15(5-8(6-16)18-7)11(17)9-2-14-10(12)3-13-9/h2-3,7-8,16H,4-6H2,1H3,(H2,12,14). The zero-order chi connectivity index (χ0) is 13.1. The predicted octanol–water partition coefficient (Wildman–Crippen LogP) is -0.719. The van der Waals surface area contributed by atoms with E-state index in [-0.39, 0.29) is 36.2 Å². The van der Waals surface area contributed by atoms with Gasteiger partial charge in [-0.15, -0.1) is 0 Å². The van der Waals surface area contributed by atoms with Crippen LogP contribution in [0.1, 0.15) is 17.4 Å². The Bertz CT molecular complexity index is 423. The molecule has 7 heteroatoms. The van der Waals surface area contributed by atoms with Crippen LogP contribution < -0.4 is 5.73 Å². The van der Waals surface area contributed by atoms with E-state index in [2.05, 4.69) is 9.97 Å². The number of aromatic nitrogens is 2. The van der Waals surface area contributed by atoms with Gasteiger partial charge < -0.3 is 20.5 Å². The molecule has 3 N–H and O–H groups in total. The van der Waals surface area contributed by atoms with Crippen LogP contribution in [0.25, 0.3) is 0 Å². The molecular weight excluding hydrogens is 236 g/mol. The first-order valence-corrected chi connectivity index (χ1v) is 5.73. The second-order valence-corrected chi connectivity index (χ2v) is 4.29. The number of aliphatic hydroxyl groups is 1. The Morgan fingerprint density at radius 2 is 2.33 bits per heavy atom. The van der Waals surface area contributed by atoms with Crippen LogP contribution in [-0.2, 0) is 4.74 Å². The average molecular weight is 252 g/mol. The number of morpholine rings is 1. The van der Waals surface area contributed by atoms with Gasteiger partial charge in [0.1, 0.15) is 11.5 Å². The number of rotatable bonds is 2. The van der Waals surface area contributed by atoms with E-state index in [9.17, 15) is 4.79 Å². The highest BCUT2D eigenvalue weighted by Gasteiger charge is 2.29. The molecule has 1 saturated heterocycles. The van der Waals surface area contributed by atoms with Gasteiger partial charge in [0, 0.05) is 13.1 Å². The monoisotopic (exact) mass is 252 g/mol. The van der Waals surface area contributed by atoms with Gasteiger partial charge in [0.25, 0.3) is 5.91 Å². The second-order valence-electron chi connectivity index (χ2n) is 4.29. The van der Waals surface area contributed by atoms with Gasteiger partial charge in [0.15, 0.2) is 0 Å². The molecule has 18 heavy (non-hydrogen) atoms. The van der Waals surface area contributed by atoms with Crippen molar-refractivity contribution in [1.29, 1.82) is 0 Å². The van der Waals surface area contributed by atoms with Crippen molar-refractivity contribution in [3.63, 3.8) is 0 Å². The molecule has 1 fully saturated rings. The number of nitrogen functional groups attached to an aromatic ring is 1. The SMILES string of the molecule is CC1CN(C(=O)c2cnc(N)cn2)CC(CO)O1. The molecule has 2 unspecified atom stereocenters. The first kappa shape index (κ1) is 12.7. The predicted molar refractivity (Wildman–Crippen MR) is 63.8 cm³/mol. The lowest BCUT2D eigenvalue weighted by Crippen LogP contribution is -2.50. The van der Waals surface area contributed by atoms with Crippen LogP contribution in [0.15, 0.2) is 12.4 Å². The summed E-state index contributed by atoms with van der Waals surface area (Å²) in [7, 11) is 0. The molecule has 0 radical (unpaired) electrons. The van der Waals surface area contributed by atoms with Crippen LogP contribution in [0.5, 0.6) is 0 Å². The zero-order valence-electron chi connectivity index (χ0n) is 10.1. The fourth-order valence-corrected chi connectivity index (χ4v) is 1.92. The van der Waals surface area contributed by atoms with Gasteiger partial charge in [-0.05, 0) is 6.92 Å². The Kier molecular flexibility index (Phi) is 3.73. The summed E-state index contributed by atoms with van der Waals surface area (Å²) in [5, 5.41) is 9.11. The molecule has 0 bridgehead atoms. The number of nitrogens with two attached hydrogens (primary N) is 1. The van der Waals surface area contributed by atoms with Crippen LogP contribution in [0.4, 0.5) is 5.82 Å². The molecule has 1 aliphatic rings. The topological polar surface area (TPSA) is 102 Å². The number of hydrogen-bond acceptors (Lipinski definition) is 6.